The van der Waals surface area contributed by atoms with Crippen molar-refractivity contribution in [3.63, 3.8) is 0 Å². The van der Waals surface area contributed by atoms with Gasteiger partial charge in [0.2, 0.25) is 5.91 Å². The lowest BCUT2D eigenvalue weighted by molar-refractivity contribution is -0.137. The first kappa shape index (κ1) is 19.7. The molecule has 1 aromatic rings. The van der Waals surface area contributed by atoms with Crippen molar-refractivity contribution in [2.45, 2.75) is 50.0 Å². The van der Waals surface area contributed by atoms with Crippen molar-refractivity contribution in [1.29, 1.82) is 0 Å². The SMILES string of the molecule is Cc1ccc(SCCNC(=O)CN2C(=O)N[C@]3(CCCC[C@@H]3C)C2=O)cc1. The molecule has 1 saturated carbocycles. The third-order valence-electron chi connectivity index (χ3n) is 5.52. The minimum Gasteiger partial charge on any atom is -0.354 e. The van der Waals surface area contributed by atoms with Gasteiger partial charge >= 0.3 is 6.03 Å². The fourth-order valence-corrected chi connectivity index (χ4v) is 4.60. The van der Waals surface area contributed by atoms with E-state index in [2.05, 4.69) is 34.9 Å². The van der Waals surface area contributed by atoms with E-state index < -0.39 is 11.6 Å². The second-order valence-corrected chi connectivity index (χ2v) is 8.62. The summed E-state index contributed by atoms with van der Waals surface area (Å²) < 4.78 is 0. The van der Waals surface area contributed by atoms with Gasteiger partial charge in [-0.25, -0.2) is 4.79 Å². The third-order valence-corrected chi connectivity index (χ3v) is 6.53. The number of benzene rings is 1. The van der Waals surface area contributed by atoms with Gasteiger partial charge in [0.25, 0.3) is 5.91 Å². The van der Waals surface area contributed by atoms with Crippen molar-refractivity contribution in [3.8, 4) is 0 Å². The molecule has 2 aliphatic rings. The van der Waals surface area contributed by atoms with Crippen LogP contribution in [0.15, 0.2) is 29.2 Å². The standard InChI is InChI=1S/C20H27N3O3S/c1-14-6-8-16(9-7-14)27-12-11-21-17(24)13-23-18(25)20(22-19(23)26)10-4-3-5-15(20)2/h6-9,15H,3-5,10-13H2,1-2H3,(H,21,24)(H,22,26)/t15-,20-/m0/s1. The number of rotatable bonds is 6. The Hall–Kier alpha value is -2.02. The number of carbonyl (C=O) groups is 3. The van der Waals surface area contributed by atoms with E-state index in [4.69, 9.17) is 0 Å². The van der Waals surface area contributed by atoms with E-state index in [-0.39, 0.29) is 24.3 Å². The number of nitrogens with zero attached hydrogens (tertiary/aromatic N) is 1. The van der Waals surface area contributed by atoms with Gasteiger partial charge in [-0.1, -0.05) is 37.5 Å². The van der Waals surface area contributed by atoms with Crippen molar-refractivity contribution in [2.24, 2.45) is 5.92 Å². The fourth-order valence-electron chi connectivity index (χ4n) is 3.83. The van der Waals surface area contributed by atoms with Crippen molar-refractivity contribution in [2.75, 3.05) is 18.8 Å². The molecular formula is C20H27N3O3S. The van der Waals surface area contributed by atoms with E-state index >= 15 is 0 Å². The first-order valence-corrected chi connectivity index (χ1v) is 10.5. The topological polar surface area (TPSA) is 78.5 Å². The summed E-state index contributed by atoms with van der Waals surface area (Å²) in [5.74, 6) is 0.282. The van der Waals surface area contributed by atoms with Gasteiger partial charge in [-0.3, -0.25) is 14.5 Å². The molecule has 146 valence electrons. The monoisotopic (exact) mass is 389 g/mol. The first-order valence-electron chi connectivity index (χ1n) is 9.52. The summed E-state index contributed by atoms with van der Waals surface area (Å²) in [6, 6.07) is 7.78. The summed E-state index contributed by atoms with van der Waals surface area (Å²) in [5, 5.41) is 5.67. The highest BCUT2D eigenvalue weighted by Gasteiger charge is 2.55. The van der Waals surface area contributed by atoms with Crippen LogP contribution in [0.1, 0.15) is 38.2 Å². The molecule has 0 aromatic heterocycles. The predicted octanol–water partition coefficient (Wildman–Crippen LogP) is 2.70. The van der Waals surface area contributed by atoms with Gasteiger partial charge in [-0.05, 0) is 37.8 Å². The Morgan fingerprint density at radius 3 is 2.74 bits per heavy atom. The number of imide groups is 1. The molecule has 0 unspecified atom stereocenters. The number of aryl methyl sites for hydroxylation is 1. The minimum atomic E-state index is -0.809. The summed E-state index contributed by atoms with van der Waals surface area (Å²) in [5.41, 5.74) is 0.406. The summed E-state index contributed by atoms with van der Waals surface area (Å²) >= 11 is 1.66. The first-order chi connectivity index (χ1) is 12.9. The Labute approximate surface area is 164 Å². The highest BCUT2D eigenvalue weighted by Crippen LogP contribution is 2.38. The molecule has 1 aromatic carbocycles. The molecule has 1 spiro atoms. The van der Waals surface area contributed by atoms with Crippen LogP contribution in [-0.2, 0) is 9.59 Å². The van der Waals surface area contributed by atoms with Crippen LogP contribution in [-0.4, -0.2) is 47.1 Å². The van der Waals surface area contributed by atoms with E-state index in [1.54, 1.807) is 11.8 Å². The zero-order chi connectivity index (χ0) is 19.4. The molecular weight excluding hydrogens is 362 g/mol. The van der Waals surface area contributed by atoms with Crippen LogP contribution >= 0.6 is 11.8 Å². The summed E-state index contributed by atoms with van der Waals surface area (Å²) in [7, 11) is 0. The fraction of sp³-hybridized carbons (Fsp3) is 0.550. The molecule has 4 amide bonds. The van der Waals surface area contributed by atoms with Crippen LogP contribution in [0.4, 0.5) is 4.79 Å². The molecule has 1 heterocycles. The molecule has 1 aliphatic heterocycles. The van der Waals surface area contributed by atoms with Crippen LogP contribution < -0.4 is 10.6 Å². The lowest BCUT2D eigenvalue weighted by Crippen LogP contribution is -2.54. The van der Waals surface area contributed by atoms with Crippen LogP contribution in [0, 0.1) is 12.8 Å². The summed E-state index contributed by atoms with van der Waals surface area (Å²) in [6.45, 7) is 4.32. The average molecular weight is 390 g/mol. The number of carbonyl (C=O) groups excluding carboxylic acids is 3. The van der Waals surface area contributed by atoms with Gasteiger partial charge in [-0.15, -0.1) is 11.8 Å². The van der Waals surface area contributed by atoms with Gasteiger partial charge in [0, 0.05) is 17.2 Å². The highest BCUT2D eigenvalue weighted by molar-refractivity contribution is 7.99. The van der Waals surface area contributed by atoms with Gasteiger partial charge < -0.3 is 10.6 Å². The Bertz CT molecular complexity index is 722. The van der Waals surface area contributed by atoms with Gasteiger partial charge in [0.05, 0.1) is 0 Å². The molecule has 27 heavy (non-hydrogen) atoms. The maximum Gasteiger partial charge on any atom is 0.325 e. The molecule has 2 N–H and O–H groups in total. The predicted molar refractivity (Wildman–Crippen MR) is 106 cm³/mol. The molecule has 3 rings (SSSR count). The van der Waals surface area contributed by atoms with Crippen LogP contribution in [0.2, 0.25) is 0 Å². The Morgan fingerprint density at radius 2 is 2.04 bits per heavy atom. The molecule has 2 fully saturated rings. The number of hydrogen-bond donors (Lipinski definition) is 2. The van der Waals surface area contributed by atoms with E-state index in [1.807, 2.05) is 13.8 Å². The van der Waals surface area contributed by atoms with Crippen molar-refractivity contribution < 1.29 is 14.4 Å². The van der Waals surface area contributed by atoms with Crippen molar-refractivity contribution in [3.05, 3.63) is 29.8 Å². The smallest absolute Gasteiger partial charge is 0.325 e. The van der Waals surface area contributed by atoms with E-state index in [9.17, 15) is 14.4 Å². The third kappa shape index (κ3) is 4.29. The Balaban J connectivity index is 1.47. The Kier molecular flexibility index (Phi) is 6.09. The molecule has 1 saturated heterocycles. The molecule has 1 aliphatic carbocycles. The largest absolute Gasteiger partial charge is 0.354 e. The van der Waals surface area contributed by atoms with Crippen molar-refractivity contribution >= 4 is 29.6 Å². The summed E-state index contributed by atoms with van der Waals surface area (Å²) in [6.07, 6.45) is 3.57. The normalized spacial score (nSPS) is 25.0. The van der Waals surface area contributed by atoms with Gasteiger partial charge in [0.15, 0.2) is 0 Å². The minimum absolute atomic E-state index is 0.0988. The zero-order valence-corrected chi connectivity index (χ0v) is 16.7. The maximum atomic E-state index is 12.8. The lowest BCUT2D eigenvalue weighted by atomic mass is 9.73. The number of nitrogens with one attached hydrogen (secondary N) is 2. The summed E-state index contributed by atoms with van der Waals surface area (Å²) in [4.78, 5) is 39.6. The highest BCUT2D eigenvalue weighted by atomic mass is 32.2. The molecule has 0 bridgehead atoms. The van der Waals surface area contributed by atoms with Crippen molar-refractivity contribution in [1.82, 2.24) is 15.5 Å². The van der Waals surface area contributed by atoms with Gasteiger partial charge in [-0.2, -0.15) is 0 Å². The zero-order valence-electron chi connectivity index (χ0n) is 15.9. The number of hydrogen-bond acceptors (Lipinski definition) is 4. The number of urea groups is 1. The number of thioether (sulfide) groups is 1. The molecule has 2 atom stereocenters. The molecule has 0 radical (unpaired) electrons. The van der Waals surface area contributed by atoms with E-state index in [0.717, 1.165) is 34.8 Å². The number of amides is 4. The maximum absolute atomic E-state index is 12.8. The average Bonchev–Trinajstić information content (AvgIpc) is 2.88. The van der Waals surface area contributed by atoms with Crippen LogP contribution in [0.5, 0.6) is 0 Å². The van der Waals surface area contributed by atoms with Gasteiger partial charge in [0.1, 0.15) is 12.1 Å². The second-order valence-electron chi connectivity index (χ2n) is 7.45. The van der Waals surface area contributed by atoms with E-state index in [1.165, 1.54) is 5.56 Å². The lowest BCUT2D eigenvalue weighted by Gasteiger charge is -2.36. The molecule has 6 nitrogen and oxygen atoms in total. The van der Waals surface area contributed by atoms with Crippen LogP contribution in [0.25, 0.3) is 0 Å². The molecule has 7 heteroatoms. The quantitative estimate of drug-likeness (QED) is 0.445. The Morgan fingerprint density at radius 1 is 1.30 bits per heavy atom. The second kappa shape index (κ2) is 8.33. The van der Waals surface area contributed by atoms with Crippen LogP contribution in [0.3, 0.4) is 0 Å². The van der Waals surface area contributed by atoms with E-state index in [0.29, 0.717) is 13.0 Å².